The molecule has 0 aliphatic carbocycles. The first-order valence-electron chi connectivity index (χ1n) is 8.34. The molecule has 0 amide bonds. The smallest absolute Gasteiger partial charge is 0.139 e. The number of halogens is 1. The third-order valence-electron chi connectivity index (χ3n) is 4.25. The Kier molecular flexibility index (Phi) is 7.39. The molecule has 0 saturated carbocycles. The molecule has 0 unspecified atom stereocenters. The van der Waals surface area contributed by atoms with Gasteiger partial charge in [0.1, 0.15) is 6.54 Å². The van der Waals surface area contributed by atoms with Crippen LogP contribution in [0.25, 0.3) is 0 Å². The lowest BCUT2D eigenvalue weighted by molar-refractivity contribution is -0.889. The first-order valence-corrected chi connectivity index (χ1v) is 9.14. The maximum atomic E-state index is 3.70. The molecule has 0 aliphatic rings. The molecular formula is C21H25BrN+. The molecule has 0 bridgehead atoms. The molecule has 0 fully saturated rings. The molecule has 23 heavy (non-hydrogen) atoms. The molecule has 0 aromatic heterocycles. The van der Waals surface area contributed by atoms with Crippen LogP contribution in [-0.2, 0) is 0 Å². The van der Waals surface area contributed by atoms with E-state index in [0.717, 1.165) is 30.5 Å². The fraction of sp³-hybridized carbons (Fsp3) is 0.333. The zero-order valence-electron chi connectivity index (χ0n) is 14.0. The van der Waals surface area contributed by atoms with Gasteiger partial charge in [0.15, 0.2) is 0 Å². The highest BCUT2D eigenvalue weighted by Crippen LogP contribution is 2.32. The molecule has 0 saturated heterocycles. The summed E-state index contributed by atoms with van der Waals surface area (Å²) < 4.78 is 1.16. The van der Waals surface area contributed by atoms with Gasteiger partial charge >= 0.3 is 0 Å². The zero-order valence-corrected chi connectivity index (χ0v) is 15.6. The maximum absolute atomic E-state index is 3.70. The Morgan fingerprint density at radius 2 is 1.57 bits per heavy atom. The van der Waals surface area contributed by atoms with E-state index < -0.39 is 0 Å². The highest BCUT2D eigenvalue weighted by molar-refractivity contribution is 9.10. The third kappa shape index (κ3) is 5.23. The summed E-state index contributed by atoms with van der Waals surface area (Å²) in [6.45, 7) is 7.64. The lowest BCUT2D eigenvalue weighted by Gasteiger charge is -2.17. The van der Waals surface area contributed by atoms with Gasteiger partial charge in [-0.15, -0.1) is 0 Å². The van der Waals surface area contributed by atoms with Crippen molar-refractivity contribution in [2.75, 3.05) is 19.6 Å². The van der Waals surface area contributed by atoms with Gasteiger partial charge in [0.25, 0.3) is 0 Å². The van der Waals surface area contributed by atoms with Crippen LogP contribution in [0.15, 0.2) is 59.1 Å². The van der Waals surface area contributed by atoms with E-state index in [1.54, 1.807) is 0 Å². The molecule has 2 heteroatoms. The summed E-state index contributed by atoms with van der Waals surface area (Å²) in [4.78, 5) is 1.54. The summed E-state index contributed by atoms with van der Waals surface area (Å²) in [6.07, 6.45) is 0.854. The highest BCUT2D eigenvalue weighted by atomic mass is 79.9. The number of benzene rings is 2. The van der Waals surface area contributed by atoms with Crippen LogP contribution < -0.4 is 4.90 Å². The van der Waals surface area contributed by atoms with E-state index in [9.17, 15) is 0 Å². The average molecular weight is 371 g/mol. The molecule has 1 nitrogen and oxygen atoms in total. The van der Waals surface area contributed by atoms with Crippen molar-refractivity contribution in [3.8, 4) is 11.8 Å². The standard InChI is InChI=1S/C21H24BrN/c1-3-23(4-2)17-11-10-14-19(18-12-6-5-7-13-18)20-15-8-9-16-21(20)22/h5-9,12-13,15-16,19H,3-4,14,17H2,1-2H3/p+1/t19-/m1/s1. The van der Waals surface area contributed by atoms with E-state index in [1.807, 2.05) is 0 Å². The van der Waals surface area contributed by atoms with Crippen LogP contribution in [0.5, 0.6) is 0 Å². The van der Waals surface area contributed by atoms with Crippen LogP contribution in [0.3, 0.4) is 0 Å². The Morgan fingerprint density at radius 1 is 0.913 bits per heavy atom. The number of quaternary nitrogens is 1. The van der Waals surface area contributed by atoms with Gasteiger partial charge in [-0.2, -0.15) is 0 Å². The van der Waals surface area contributed by atoms with Crippen LogP contribution >= 0.6 is 15.9 Å². The van der Waals surface area contributed by atoms with Crippen molar-refractivity contribution < 1.29 is 4.90 Å². The van der Waals surface area contributed by atoms with Gasteiger partial charge in [0.2, 0.25) is 0 Å². The minimum absolute atomic E-state index is 0.311. The Morgan fingerprint density at radius 3 is 2.22 bits per heavy atom. The van der Waals surface area contributed by atoms with Crippen molar-refractivity contribution in [1.29, 1.82) is 0 Å². The van der Waals surface area contributed by atoms with Crippen molar-refractivity contribution in [2.24, 2.45) is 0 Å². The SMILES string of the molecule is CC[NH+](CC)CC#CC[C@H](c1ccccc1)c1ccccc1Br. The Labute approximate surface area is 148 Å². The van der Waals surface area contributed by atoms with Crippen molar-refractivity contribution in [1.82, 2.24) is 0 Å². The number of hydrogen-bond donors (Lipinski definition) is 1. The third-order valence-corrected chi connectivity index (χ3v) is 4.97. The second-order valence-corrected chi connectivity index (χ2v) is 6.53. The molecule has 2 aromatic carbocycles. The van der Waals surface area contributed by atoms with Crippen LogP contribution in [0.2, 0.25) is 0 Å². The summed E-state index contributed by atoms with van der Waals surface area (Å²) >= 11 is 3.70. The topological polar surface area (TPSA) is 4.44 Å². The normalized spacial score (nSPS) is 11.8. The van der Waals surface area contributed by atoms with Gasteiger partial charge in [-0.3, -0.25) is 0 Å². The first kappa shape index (κ1) is 17.8. The van der Waals surface area contributed by atoms with Gasteiger partial charge in [-0.25, -0.2) is 0 Å². The molecule has 2 aromatic rings. The van der Waals surface area contributed by atoms with E-state index in [-0.39, 0.29) is 0 Å². The summed E-state index contributed by atoms with van der Waals surface area (Å²) in [6, 6.07) is 19.1. The Balaban J connectivity index is 2.19. The molecule has 1 N–H and O–H groups in total. The van der Waals surface area contributed by atoms with E-state index >= 15 is 0 Å². The van der Waals surface area contributed by atoms with Gasteiger partial charge in [-0.05, 0) is 37.0 Å². The second kappa shape index (κ2) is 9.55. The molecule has 0 spiro atoms. The van der Waals surface area contributed by atoms with Gasteiger partial charge in [0, 0.05) is 16.8 Å². The average Bonchev–Trinajstić information content (AvgIpc) is 2.60. The van der Waals surface area contributed by atoms with Crippen LogP contribution in [0.1, 0.15) is 37.3 Å². The molecule has 120 valence electrons. The monoisotopic (exact) mass is 370 g/mol. The van der Waals surface area contributed by atoms with Gasteiger partial charge < -0.3 is 4.90 Å². The largest absolute Gasteiger partial charge is 0.325 e. The van der Waals surface area contributed by atoms with Crippen molar-refractivity contribution in [3.63, 3.8) is 0 Å². The molecule has 1 atom stereocenters. The summed E-state index contributed by atoms with van der Waals surface area (Å²) in [5, 5.41) is 0. The van der Waals surface area contributed by atoms with E-state index in [0.29, 0.717) is 5.92 Å². The lowest BCUT2D eigenvalue weighted by Crippen LogP contribution is -3.11. The first-order chi connectivity index (χ1) is 11.3. The fourth-order valence-electron chi connectivity index (χ4n) is 2.71. The highest BCUT2D eigenvalue weighted by Gasteiger charge is 2.15. The van der Waals surface area contributed by atoms with E-state index in [4.69, 9.17) is 0 Å². The summed E-state index contributed by atoms with van der Waals surface area (Å²) in [5.41, 5.74) is 2.63. The molecular weight excluding hydrogens is 346 g/mol. The van der Waals surface area contributed by atoms with Crippen LogP contribution in [0.4, 0.5) is 0 Å². The van der Waals surface area contributed by atoms with Crippen molar-refractivity contribution >= 4 is 15.9 Å². The predicted octanol–water partition coefficient (Wildman–Crippen LogP) is 3.90. The summed E-state index contributed by atoms with van der Waals surface area (Å²) in [7, 11) is 0. The maximum Gasteiger partial charge on any atom is 0.139 e. The van der Waals surface area contributed by atoms with Crippen molar-refractivity contribution in [3.05, 3.63) is 70.2 Å². The Hall–Kier alpha value is -1.56. The summed E-state index contributed by atoms with van der Waals surface area (Å²) in [5.74, 6) is 7.10. The molecule has 0 aliphatic heterocycles. The Bertz CT molecular complexity index is 650. The van der Waals surface area contributed by atoms with Gasteiger partial charge in [0.05, 0.1) is 13.1 Å². The van der Waals surface area contributed by atoms with Crippen LogP contribution in [0, 0.1) is 11.8 Å². The minimum atomic E-state index is 0.311. The predicted molar refractivity (Wildman–Crippen MR) is 102 cm³/mol. The van der Waals surface area contributed by atoms with E-state index in [2.05, 4.69) is 96.2 Å². The zero-order chi connectivity index (χ0) is 16.5. The molecule has 0 radical (unpaired) electrons. The second-order valence-electron chi connectivity index (χ2n) is 5.68. The minimum Gasteiger partial charge on any atom is -0.325 e. The van der Waals surface area contributed by atoms with Crippen molar-refractivity contribution in [2.45, 2.75) is 26.2 Å². The number of rotatable bonds is 6. The molecule has 0 heterocycles. The number of nitrogens with one attached hydrogen (secondary N) is 1. The lowest BCUT2D eigenvalue weighted by atomic mass is 9.89. The van der Waals surface area contributed by atoms with Gasteiger partial charge in [-0.1, -0.05) is 70.4 Å². The van der Waals surface area contributed by atoms with E-state index in [1.165, 1.54) is 16.0 Å². The van der Waals surface area contributed by atoms with Crippen LogP contribution in [-0.4, -0.2) is 19.6 Å². The molecule has 2 rings (SSSR count). The quantitative estimate of drug-likeness (QED) is 0.735. The number of hydrogen-bond acceptors (Lipinski definition) is 0. The fourth-order valence-corrected chi connectivity index (χ4v) is 3.27.